The zero-order chi connectivity index (χ0) is 16.7. The average Bonchev–Trinajstić information content (AvgIpc) is 2.89. The van der Waals surface area contributed by atoms with E-state index in [-0.39, 0.29) is 11.0 Å². The molecule has 2 aromatic rings. The van der Waals surface area contributed by atoms with Crippen molar-refractivity contribution in [2.75, 3.05) is 5.75 Å². The predicted octanol–water partition coefficient (Wildman–Crippen LogP) is 5.26. The molecule has 1 N–H and O–H groups in total. The lowest BCUT2D eigenvalue weighted by atomic mass is 9.97. The zero-order valence-corrected chi connectivity index (χ0v) is 14.6. The van der Waals surface area contributed by atoms with Gasteiger partial charge in [0.1, 0.15) is 0 Å². The van der Waals surface area contributed by atoms with Crippen molar-refractivity contribution in [2.45, 2.75) is 15.9 Å². The third-order valence-corrected chi connectivity index (χ3v) is 7.06. The first-order chi connectivity index (χ1) is 11.7. The summed E-state index contributed by atoms with van der Waals surface area (Å²) in [4.78, 5) is 12.1. The van der Waals surface area contributed by atoms with E-state index in [0.717, 1.165) is 5.57 Å². The first-order valence-electron chi connectivity index (χ1n) is 7.79. The Morgan fingerprint density at radius 1 is 1.08 bits per heavy atom. The topological polar surface area (TPSA) is 37.3 Å². The molecule has 0 aromatic heterocycles. The lowest BCUT2D eigenvalue weighted by molar-refractivity contribution is -0.136. The highest BCUT2D eigenvalue weighted by Gasteiger charge is 2.36. The minimum absolute atomic E-state index is 0.189. The number of carboxylic acids is 1. The van der Waals surface area contributed by atoms with Gasteiger partial charge in [-0.2, -0.15) is 0 Å². The van der Waals surface area contributed by atoms with Crippen LogP contribution >= 0.6 is 23.5 Å². The standard InChI is InChI=1S/C20H16O2S2/c1-12-13-6-2-3-7-14(13)19-18(12)15-8-4-5-9-16(15)24-20(19)23-11-10-17(21)22/h2-9,20H,1,10-11H2,(H,21,22). The molecule has 1 aliphatic heterocycles. The molecule has 4 rings (SSSR count). The summed E-state index contributed by atoms with van der Waals surface area (Å²) < 4.78 is 0.203. The summed E-state index contributed by atoms with van der Waals surface area (Å²) in [6.07, 6.45) is 0.189. The Balaban J connectivity index is 1.80. The van der Waals surface area contributed by atoms with E-state index in [1.54, 1.807) is 11.8 Å². The normalized spacial score (nSPS) is 18.2. The van der Waals surface area contributed by atoms with E-state index in [4.69, 9.17) is 5.11 Å². The minimum Gasteiger partial charge on any atom is -0.481 e. The second kappa shape index (κ2) is 6.19. The number of allylic oxidation sites excluding steroid dienone is 2. The fourth-order valence-electron chi connectivity index (χ4n) is 3.29. The van der Waals surface area contributed by atoms with Crippen molar-refractivity contribution in [3.8, 4) is 0 Å². The molecule has 0 saturated carbocycles. The highest BCUT2D eigenvalue weighted by Crippen LogP contribution is 2.57. The molecule has 0 amide bonds. The number of aliphatic carboxylic acids is 1. The van der Waals surface area contributed by atoms with Gasteiger partial charge in [-0.1, -0.05) is 49.0 Å². The number of benzene rings is 2. The molecule has 1 atom stereocenters. The van der Waals surface area contributed by atoms with Crippen LogP contribution in [0, 0.1) is 0 Å². The van der Waals surface area contributed by atoms with E-state index in [2.05, 4.69) is 49.0 Å². The summed E-state index contributed by atoms with van der Waals surface area (Å²) >= 11 is 3.54. The number of fused-ring (bicyclic) bond motifs is 4. The van der Waals surface area contributed by atoms with Crippen LogP contribution in [0.5, 0.6) is 0 Å². The maximum absolute atomic E-state index is 10.9. The van der Waals surface area contributed by atoms with Gasteiger partial charge in [-0.15, -0.1) is 23.5 Å². The molecule has 120 valence electrons. The van der Waals surface area contributed by atoms with Crippen LogP contribution in [0.1, 0.15) is 23.1 Å². The van der Waals surface area contributed by atoms with E-state index in [1.807, 2.05) is 17.8 Å². The second-order valence-corrected chi connectivity index (χ2v) is 8.43. The predicted molar refractivity (Wildman–Crippen MR) is 103 cm³/mol. The fourth-order valence-corrected chi connectivity index (χ4v) is 6.12. The van der Waals surface area contributed by atoms with Gasteiger partial charge >= 0.3 is 5.97 Å². The van der Waals surface area contributed by atoms with E-state index < -0.39 is 5.97 Å². The Hall–Kier alpha value is -1.91. The van der Waals surface area contributed by atoms with E-state index >= 15 is 0 Å². The van der Waals surface area contributed by atoms with Crippen LogP contribution in [-0.4, -0.2) is 21.4 Å². The summed E-state index contributed by atoms with van der Waals surface area (Å²) in [6.45, 7) is 4.35. The number of thioether (sulfide) groups is 2. The van der Waals surface area contributed by atoms with Gasteiger partial charge in [-0.3, -0.25) is 4.79 Å². The maximum atomic E-state index is 10.9. The van der Waals surface area contributed by atoms with Gasteiger partial charge in [0.25, 0.3) is 0 Å². The molecular weight excluding hydrogens is 336 g/mol. The molecule has 2 nitrogen and oxygen atoms in total. The summed E-state index contributed by atoms with van der Waals surface area (Å²) in [7, 11) is 0. The first kappa shape index (κ1) is 15.6. The van der Waals surface area contributed by atoms with Crippen LogP contribution in [0.15, 0.2) is 60.0 Å². The Kier molecular flexibility index (Phi) is 4.02. The van der Waals surface area contributed by atoms with E-state index in [9.17, 15) is 4.79 Å². The summed E-state index contributed by atoms with van der Waals surface area (Å²) in [5.41, 5.74) is 7.30. The first-order valence-corrected chi connectivity index (χ1v) is 9.72. The van der Waals surface area contributed by atoms with Crippen LogP contribution in [0.25, 0.3) is 16.7 Å². The molecular formula is C20H16O2S2. The van der Waals surface area contributed by atoms with E-state index in [1.165, 1.54) is 32.7 Å². The van der Waals surface area contributed by atoms with Gasteiger partial charge in [0.15, 0.2) is 0 Å². The van der Waals surface area contributed by atoms with Crippen LogP contribution in [0.2, 0.25) is 0 Å². The zero-order valence-electron chi connectivity index (χ0n) is 13.0. The van der Waals surface area contributed by atoms with Crippen molar-refractivity contribution in [1.82, 2.24) is 0 Å². The SMILES string of the molecule is C=C1C2=C(c3ccccc31)C(SCCC(=O)O)Sc1ccccc12. The third kappa shape index (κ3) is 2.50. The van der Waals surface area contributed by atoms with Crippen LogP contribution in [0.3, 0.4) is 0 Å². The molecule has 1 unspecified atom stereocenters. The number of hydrogen-bond acceptors (Lipinski definition) is 3. The highest BCUT2D eigenvalue weighted by molar-refractivity contribution is 8.17. The Morgan fingerprint density at radius 3 is 2.50 bits per heavy atom. The Morgan fingerprint density at radius 2 is 1.75 bits per heavy atom. The molecule has 0 saturated heterocycles. The van der Waals surface area contributed by atoms with Gasteiger partial charge in [-0.05, 0) is 39.5 Å². The van der Waals surface area contributed by atoms with Gasteiger partial charge in [0, 0.05) is 10.6 Å². The van der Waals surface area contributed by atoms with Gasteiger partial charge in [0.05, 0.1) is 11.0 Å². The number of carboxylic acid groups (broad SMARTS) is 1. The van der Waals surface area contributed by atoms with Gasteiger partial charge in [-0.25, -0.2) is 0 Å². The molecule has 0 radical (unpaired) electrons. The highest BCUT2D eigenvalue weighted by atomic mass is 32.2. The quantitative estimate of drug-likeness (QED) is 0.814. The lowest BCUT2D eigenvalue weighted by Gasteiger charge is -2.27. The summed E-state index contributed by atoms with van der Waals surface area (Å²) in [5, 5.41) is 8.94. The van der Waals surface area contributed by atoms with Crippen LogP contribution < -0.4 is 0 Å². The van der Waals surface area contributed by atoms with Crippen LogP contribution in [0.4, 0.5) is 0 Å². The molecule has 2 aliphatic rings. The van der Waals surface area contributed by atoms with Crippen molar-refractivity contribution in [3.05, 3.63) is 71.8 Å². The minimum atomic E-state index is -0.742. The molecule has 0 bridgehead atoms. The second-order valence-electron chi connectivity index (χ2n) is 5.77. The van der Waals surface area contributed by atoms with Gasteiger partial charge < -0.3 is 5.11 Å². The molecule has 0 spiro atoms. The number of rotatable bonds is 4. The molecule has 1 aliphatic carbocycles. The van der Waals surface area contributed by atoms with Crippen LogP contribution in [-0.2, 0) is 4.79 Å². The lowest BCUT2D eigenvalue weighted by Crippen LogP contribution is -2.09. The molecule has 1 heterocycles. The Bertz CT molecular complexity index is 883. The van der Waals surface area contributed by atoms with Crippen molar-refractivity contribution >= 4 is 46.2 Å². The van der Waals surface area contributed by atoms with Gasteiger partial charge in [0.2, 0.25) is 0 Å². The van der Waals surface area contributed by atoms with Crippen molar-refractivity contribution in [2.24, 2.45) is 0 Å². The number of carbonyl (C=O) groups is 1. The van der Waals surface area contributed by atoms with Crippen molar-refractivity contribution in [1.29, 1.82) is 0 Å². The number of hydrogen-bond donors (Lipinski definition) is 1. The summed E-state index contributed by atoms with van der Waals surface area (Å²) in [5.74, 6) is -0.130. The Labute approximate surface area is 149 Å². The fraction of sp³-hybridized carbons (Fsp3) is 0.150. The molecule has 2 aromatic carbocycles. The monoisotopic (exact) mass is 352 g/mol. The molecule has 0 fully saturated rings. The largest absolute Gasteiger partial charge is 0.481 e. The maximum Gasteiger partial charge on any atom is 0.304 e. The smallest absolute Gasteiger partial charge is 0.304 e. The molecule has 24 heavy (non-hydrogen) atoms. The molecule has 4 heteroatoms. The van der Waals surface area contributed by atoms with Crippen molar-refractivity contribution < 1.29 is 9.90 Å². The van der Waals surface area contributed by atoms with E-state index in [0.29, 0.717) is 5.75 Å². The third-order valence-electron chi connectivity index (χ3n) is 4.32. The van der Waals surface area contributed by atoms with Crippen molar-refractivity contribution in [3.63, 3.8) is 0 Å². The average molecular weight is 352 g/mol. The summed E-state index contributed by atoms with van der Waals surface area (Å²) in [6, 6.07) is 16.8.